The molecule has 19 heavy (non-hydrogen) atoms. The molecule has 0 amide bonds. The van der Waals surface area contributed by atoms with Crippen LogP contribution in [0, 0.1) is 18.3 Å². The molecule has 1 saturated heterocycles. The monoisotopic (exact) mass is 301 g/mol. The van der Waals surface area contributed by atoms with Crippen LogP contribution in [-0.4, -0.2) is 31.1 Å². The SMILES string of the molecule is Cc1ccc([C@@H](CC#N)N2CCNCC2)cc1.Cl.Cl. The number of piperazine rings is 1. The van der Waals surface area contributed by atoms with Crippen LogP contribution in [0.2, 0.25) is 0 Å². The van der Waals surface area contributed by atoms with E-state index < -0.39 is 0 Å². The minimum Gasteiger partial charge on any atom is -0.314 e. The highest BCUT2D eigenvalue weighted by atomic mass is 35.5. The lowest BCUT2D eigenvalue weighted by atomic mass is 10.0. The molecule has 1 aromatic carbocycles. The second-order valence-corrected chi connectivity index (χ2v) is 4.57. The Balaban J connectivity index is 0.00000162. The third-order valence-corrected chi connectivity index (χ3v) is 3.34. The van der Waals surface area contributed by atoms with Gasteiger partial charge in [0.05, 0.1) is 12.5 Å². The summed E-state index contributed by atoms with van der Waals surface area (Å²) >= 11 is 0. The van der Waals surface area contributed by atoms with Crippen molar-refractivity contribution in [1.82, 2.24) is 10.2 Å². The second-order valence-electron chi connectivity index (χ2n) is 4.57. The molecule has 5 heteroatoms. The summed E-state index contributed by atoms with van der Waals surface area (Å²) in [5.41, 5.74) is 2.53. The number of hydrogen-bond donors (Lipinski definition) is 1. The first kappa shape index (κ1) is 18.2. The van der Waals surface area contributed by atoms with Gasteiger partial charge in [0.2, 0.25) is 0 Å². The maximum Gasteiger partial charge on any atom is 0.0641 e. The van der Waals surface area contributed by atoms with Crippen LogP contribution in [0.5, 0.6) is 0 Å². The van der Waals surface area contributed by atoms with Crippen LogP contribution in [0.3, 0.4) is 0 Å². The van der Waals surface area contributed by atoms with Gasteiger partial charge < -0.3 is 5.32 Å². The quantitative estimate of drug-likeness (QED) is 0.933. The largest absolute Gasteiger partial charge is 0.314 e. The van der Waals surface area contributed by atoms with Gasteiger partial charge in [-0.3, -0.25) is 4.90 Å². The summed E-state index contributed by atoms with van der Waals surface area (Å²) in [6.45, 7) is 6.19. The van der Waals surface area contributed by atoms with Gasteiger partial charge in [-0.1, -0.05) is 29.8 Å². The summed E-state index contributed by atoms with van der Waals surface area (Å²) in [6.07, 6.45) is 0.572. The Bertz CT molecular complexity index is 394. The van der Waals surface area contributed by atoms with E-state index in [1.54, 1.807) is 0 Å². The molecule has 0 bridgehead atoms. The Morgan fingerprint density at radius 2 is 1.79 bits per heavy atom. The van der Waals surface area contributed by atoms with E-state index in [4.69, 9.17) is 5.26 Å². The highest BCUT2D eigenvalue weighted by Gasteiger charge is 2.21. The number of aryl methyl sites for hydroxylation is 1. The first-order valence-electron chi connectivity index (χ1n) is 6.19. The molecule has 1 fully saturated rings. The average Bonchev–Trinajstić information content (AvgIpc) is 2.38. The van der Waals surface area contributed by atoms with E-state index in [0.29, 0.717) is 6.42 Å². The van der Waals surface area contributed by atoms with E-state index in [1.165, 1.54) is 11.1 Å². The van der Waals surface area contributed by atoms with Crippen LogP contribution in [0.25, 0.3) is 0 Å². The van der Waals surface area contributed by atoms with Crippen molar-refractivity contribution in [1.29, 1.82) is 5.26 Å². The molecule has 0 unspecified atom stereocenters. The first-order chi connectivity index (χ1) is 8.31. The van der Waals surface area contributed by atoms with Crippen LogP contribution in [0.15, 0.2) is 24.3 Å². The number of nitriles is 1. The van der Waals surface area contributed by atoms with E-state index >= 15 is 0 Å². The first-order valence-corrected chi connectivity index (χ1v) is 6.19. The standard InChI is InChI=1S/C14H19N3.2ClH/c1-12-2-4-13(5-3-12)14(6-7-15)17-10-8-16-9-11-17;;/h2-5,14,16H,6,8-11H2,1H3;2*1H/t14-;;/m1../s1. The molecular weight excluding hydrogens is 281 g/mol. The van der Waals surface area contributed by atoms with Crippen LogP contribution in [0.1, 0.15) is 23.6 Å². The Kier molecular flexibility index (Phi) is 8.79. The zero-order valence-electron chi connectivity index (χ0n) is 11.1. The molecule has 106 valence electrons. The van der Waals surface area contributed by atoms with E-state index in [0.717, 1.165) is 26.2 Å². The zero-order valence-corrected chi connectivity index (χ0v) is 12.8. The fourth-order valence-electron chi connectivity index (χ4n) is 2.33. The number of halogens is 2. The lowest BCUT2D eigenvalue weighted by molar-refractivity contribution is 0.175. The van der Waals surface area contributed by atoms with Crippen molar-refractivity contribution >= 4 is 24.8 Å². The molecule has 1 atom stereocenters. The Labute approximate surface area is 127 Å². The van der Waals surface area contributed by atoms with Crippen molar-refractivity contribution in [2.24, 2.45) is 0 Å². The molecule has 0 radical (unpaired) electrons. The molecule has 1 aromatic rings. The topological polar surface area (TPSA) is 39.1 Å². The van der Waals surface area contributed by atoms with Gasteiger partial charge in [-0.25, -0.2) is 0 Å². The third-order valence-electron chi connectivity index (χ3n) is 3.34. The highest BCUT2D eigenvalue weighted by molar-refractivity contribution is 5.85. The van der Waals surface area contributed by atoms with E-state index in [9.17, 15) is 0 Å². The van der Waals surface area contributed by atoms with Crippen LogP contribution in [-0.2, 0) is 0 Å². The van der Waals surface area contributed by atoms with E-state index in [2.05, 4.69) is 47.5 Å². The van der Waals surface area contributed by atoms with Crippen LogP contribution < -0.4 is 5.32 Å². The zero-order chi connectivity index (χ0) is 12.1. The molecule has 0 spiro atoms. The van der Waals surface area contributed by atoms with Gasteiger partial charge in [0.25, 0.3) is 0 Å². The number of rotatable bonds is 3. The summed E-state index contributed by atoms with van der Waals surface area (Å²) in [7, 11) is 0. The van der Waals surface area contributed by atoms with Gasteiger partial charge in [0, 0.05) is 32.2 Å². The van der Waals surface area contributed by atoms with Crippen molar-refractivity contribution in [2.45, 2.75) is 19.4 Å². The Hall–Kier alpha value is -0.790. The van der Waals surface area contributed by atoms with Gasteiger partial charge in [0.15, 0.2) is 0 Å². The molecule has 3 nitrogen and oxygen atoms in total. The van der Waals surface area contributed by atoms with Crippen LogP contribution in [0.4, 0.5) is 0 Å². The number of nitrogens with one attached hydrogen (secondary N) is 1. The summed E-state index contributed by atoms with van der Waals surface area (Å²) in [5.74, 6) is 0. The molecule has 2 rings (SSSR count). The van der Waals surface area contributed by atoms with E-state index in [1.807, 2.05) is 0 Å². The van der Waals surface area contributed by atoms with Crippen molar-refractivity contribution in [3.63, 3.8) is 0 Å². The fraction of sp³-hybridized carbons (Fsp3) is 0.500. The predicted molar refractivity (Wildman–Crippen MR) is 83.1 cm³/mol. The maximum absolute atomic E-state index is 8.99. The summed E-state index contributed by atoms with van der Waals surface area (Å²) in [6, 6.07) is 11.1. The van der Waals surface area contributed by atoms with E-state index in [-0.39, 0.29) is 30.9 Å². The molecule has 0 aliphatic carbocycles. The summed E-state index contributed by atoms with van der Waals surface area (Å²) < 4.78 is 0. The number of nitrogens with zero attached hydrogens (tertiary/aromatic N) is 2. The normalized spacial score (nSPS) is 16.6. The van der Waals surface area contributed by atoms with Crippen molar-refractivity contribution in [3.05, 3.63) is 35.4 Å². The molecule has 1 aliphatic heterocycles. The number of benzene rings is 1. The molecule has 1 aliphatic rings. The smallest absolute Gasteiger partial charge is 0.0641 e. The molecule has 1 heterocycles. The third kappa shape index (κ3) is 5.00. The van der Waals surface area contributed by atoms with Crippen molar-refractivity contribution in [2.75, 3.05) is 26.2 Å². The lowest BCUT2D eigenvalue weighted by Crippen LogP contribution is -2.45. The van der Waals surface area contributed by atoms with Crippen molar-refractivity contribution in [3.8, 4) is 6.07 Å². The second kappa shape index (κ2) is 9.17. The van der Waals surface area contributed by atoms with Crippen molar-refractivity contribution < 1.29 is 0 Å². The molecule has 0 aromatic heterocycles. The highest BCUT2D eigenvalue weighted by Crippen LogP contribution is 2.24. The van der Waals surface area contributed by atoms with Gasteiger partial charge in [0.1, 0.15) is 0 Å². The Morgan fingerprint density at radius 1 is 1.21 bits per heavy atom. The van der Waals surface area contributed by atoms with Gasteiger partial charge in [-0.05, 0) is 12.5 Å². The minimum absolute atomic E-state index is 0. The minimum atomic E-state index is 0. The fourth-order valence-corrected chi connectivity index (χ4v) is 2.33. The average molecular weight is 302 g/mol. The van der Waals surface area contributed by atoms with Gasteiger partial charge in [-0.2, -0.15) is 5.26 Å². The van der Waals surface area contributed by atoms with Gasteiger partial charge in [-0.15, -0.1) is 24.8 Å². The Morgan fingerprint density at radius 3 is 2.32 bits per heavy atom. The summed E-state index contributed by atoms with van der Waals surface area (Å²) in [5, 5.41) is 12.3. The predicted octanol–water partition coefficient (Wildman–Crippen LogP) is 2.70. The maximum atomic E-state index is 8.99. The molecular formula is C14H21Cl2N3. The molecule has 0 saturated carbocycles. The molecule has 1 N–H and O–H groups in total. The number of hydrogen-bond acceptors (Lipinski definition) is 3. The summed E-state index contributed by atoms with van der Waals surface area (Å²) in [4.78, 5) is 2.41. The van der Waals surface area contributed by atoms with Crippen LogP contribution >= 0.6 is 24.8 Å². The van der Waals surface area contributed by atoms with Gasteiger partial charge >= 0.3 is 0 Å². The lowest BCUT2D eigenvalue weighted by Gasteiger charge is -2.34.